The normalized spacial score (nSPS) is 9.28. The Kier molecular flexibility index (Phi) is 3.27. The molecule has 0 aliphatic heterocycles. The highest BCUT2D eigenvalue weighted by Crippen LogP contribution is 2.24. The van der Waals surface area contributed by atoms with Crippen LogP contribution in [0, 0.1) is 29.6 Å². The van der Waals surface area contributed by atoms with Gasteiger partial charge in [-0.05, 0) is 36.8 Å². The van der Waals surface area contributed by atoms with Gasteiger partial charge in [0.2, 0.25) is 0 Å². The van der Waals surface area contributed by atoms with Crippen molar-refractivity contribution in [3.8, 4) is 12.1 Å². The molecule has 0 saturated carbocycles. The fraction of sp³-hybridized carbons (Fsp3) is 0.0667. The van der Waals surface area contributed by atoms with Crippen LogP contribution in [0.2, 0.25) is 0 Å². The molecule has 0 aliphatic rings. The molecule has 2 rings (SSSR count). The Hall–Kier alpha value is -2.78. The summed E-state index contributed by atoms with van der Waals surface area (Å²) in [4.78, 5) is 0. The summed E-state index contributed by atoms with van der Waals surface area (Å²) in [6.45, 7) is 1.96. The molecule has 0 aromatic heterocycles. The molecule has 0 atom stereocenters. The lowest BCUT2D eigenvalue weighted by molar-refractivity contribution is 1.40. The number of anilines is 2. The topological polar surface area (TPSA) is 59.6 Å². The molecule has 2 aromatic carbocycles. The Morgan fingerprint density at radius 1 is 0.889 bits per heavy atom. The van der Waals surface area contributed by atoms with Crippen molar-refractivity contribution in [1.82, 2.24) is 0 Å². The third kappa shape index (κ3) is 2.31. The van der Waals surface area contributed by atoms with Crippen molar-refractivity contribution in [3.63, 3.8) is 0 Å². The molecule has 3 nitrogen and oxygen atoms in total. The van der Waals surface area contributed by atoms with Gasteiger partial charge in [0.15, 0.2) is 0 Å². The number of para-hydroxylation sites is 1. The number of aryl methyl sites for hydroxylation is 1. The molecule has 0 spiro atoms. The van der Waals surface area contributed by atoms with Crippen LogP contribution in [0.1, 0.15) is 16.7 Å². The molecule has 0 bridgehead atoms. The molecular formula is C15H11N3. The van der Waals surface area contributed by atoms with Crippen molar-refractivity contribution in [3.05, 3.63) is 59.2 Å². The van der Waals surface area contributed by atoms with E-state index in [1.807, 2.05) is 37.3 Å². The van der Waals surface area contributed by atoms with Crippen LogP contribution in [0.3, 0.4) is 0 Å². The molecule has 0 heterocycles. The number of nitriles is 2. The Morgan fingerprint density at radius 2 is 1.56 bits per heavy atom. The van der Waals surface area contributed by atoms with Gasteiger partial charge in [0.1, 0.15) is 12.1 Å². The van der Waals surface area contributed by atoms with Crippen LogP contribution in [-0.2, 0) is 0 Å². The van der Waals surface area contributed by atoms with Crippen molar-refractivity contribution in [2.24, 2.45) is 0 Å². The van der Waals surface area contributed by atoms with Crippen molar-refractivity contribution in [2.45, 2.75) is 6.92 Å². The van der Waals surface area contributed by atoms with Gasteiger partial charge in [0.05, 0.1) is 22.5 Å². The van der Waals surface area contributed by atoms with Gasteiger partial charge in [-0.3, -0.25) is 0 Å². The highest BCUT2D eigenvalue weighted by atomic mass is 14.9. The predicted molar refractivity (Wildman–Crippen MR) is 70.3 cm³/mol. The van der Waals surface area contributed by atoms with E-state index in [2.05, 4.69) is 17.5 Å². The van der Waals surface area contributed by atoms with E-state index in [1.54, 1.807) is 12.1 Å². The third-order valence-electron chi connectivity index (χ3n) is 2.61. The maximum Gasteiger partial charge on any atom is 0.101 e. The first kappa shape index (κ1) is 11.7. The minimum absolute atomic E-state index is 0.558. The molecule has 1 N–H and O–H groups in total. The Bertz CT molecular complexity index is 660. The van der Waals surface area contributed by atoms with Crippen LogP contribution in [-0.4, -0.2) is 0 Å². The number of hydrogen-bond donors (Lipinski definition) is 1. The van der Waals surface area contributed by atoms with E-state index in [0.29, 0.717) is 16.8 Å². The Morgan fingerprint density at radius 3 is 2.28 bits per heavy atom. The van der Waals surface area contributed by atoms with E-state index < -0.39 is 0 Å². The first-order valence-electron chi connectivity index (χ1n) is 5.51. The molecule has 0 unspecified atom stereocenters. The minimum atomic E-state index is 0.558. The monoisotopic (exact) mass is 233 g/mol. The van der Waals surface area contributed by atoms with Crippen LogP contribution in [0.15, 0.2) is 42.5 Å². The predicted octanol–water partition coefficient (Wildman–Crippen LogP) is 3.48. The molecule has 86 valence electrons. The SMILES string of the molecule is Cc1ccc(C#N)c(Nc2ccccc2C#N)c1. The smallest absolute Gasteiger partial charge is 0.101 e. The van der Waals surface area contributed by atoms with Gasteiger partial charge >= 0.3 is 0 Å². The molecule has 0 saturated heterocycles. The maximum atomic E-state index is 9.06. The second kappa shape index (κ2) is 5.03. The summed E-state index contributed by atoms with van der Waals surface area (Å²) in [6.07, 6.45) is 0. The van der Waals surface area contributed by atoms with Crippen molar-refractivity contribution >= 4 is 11.4 Å². The summed E-state index contributed by atoms with van der Waals surface area (Å²) in [5.41, 5.74) is 3.62. The largest absolute Gasteiger partial charge is 0.353 e. The van der Waals surface area contributed by atoms with Crippen molar-refractivity contribution in [1.29, 1.82) is 10.5 Å². The van der Waals surface area contributed by atoms with Gasteiger partial charge in [0.25, 0.3) is 0 Å². The zero-order chi connectivity index (χ0) is 13.0. The van der Waals surface area contributed by atoms with Crippen LogP contribution >= 0.6 is 0 Å². The average molecular weight is 233 g/mol. The van der Waals surface area contributed by atoms with Gasteiger partial charge in [0, 0.05) is 0 Å². The summed E-state index contributed by atoms with van der Waals surface area (Å²) in [5.74, 6) is 0. The second-order valence-corrected chi connectivity index (χ2v) is 3.94. The van der Waals surface area contributed by atoms with E-state index in [0.717, 1.165) is 11.3 Å². The number of hydrogen-bond acceptors (Lipinski definition) is 3. The molecule has 0 radical (unpaired) electrons. The summed E-state index contributed by atoms with van der Waals surface area (Å²) >= 11 is 0. The lowest BCUT2D eigenvalue weighted by atomic mass is 10.1. The first-order chi connectivity index (χ1) is 8.74. The van der Waals surface area contributed by atoms with Crippen LogP contribution in [0.5, 0.6) is 0 Å². The van der Waals surface area contributed by atoms with E-state index in [9.17, 15) is 0 Å². The highest BCUT2D eigenvalue weighted by molar-refractivity contribution is 5.71. The summed E-state index contributed by atoms with van der Waals surface area (Å²) in [6, 6.07) is 17.0. The van der Waals surface area contributed by atoms with Gasteiger partial charge in [-0.2, -0.15) is 10.5 Å². The molecular weight excluding hydrogens is 222 g/mol. The molecule has 0 amide bonds. The van der Waals surface area contributed by atoms with Gasteiger partial charge in [-0.1, -0.05) is 18.2 Å². The van der Waals surface area contributed by atoms with E-state index in [-0.39, 0.29) is 0 Å². The lowest BCUT2D eigenvalue weighted by Crippen LogP contribution is -1.96. The number of nitrogens with zero attached hydrogens (tertiary/aromatic N) is 2. The zero-order valence-electron chi connectivity index (χ0n) is 9.94. The highest BCUT2D eigenvalue weighted by Gasteiger charge is 2.05. The van der Waals surface area contributed by atoms with Crippen LogP contribution in [0.25, 0.3) is 0 Å². The molecule has 0 aliphatic carbocycles. The zero-order valence-corrected chi connectivity index (χ0v) is 9.94. The quantitative estimate of drug-likeness (QED) is 0.863. The van der Waals surface area contributed by atoms with Gasteiger partial charge < -0.3 is 5.32 Å². The summed E-state index contributed by atoms with van der Waals surface area (Å²) in [7, 11) is 0. The van der Waals surface area contributed by atoms with Crippen molar-refractivity contribution < 1.29 is 0 Å². The van der Waals surface area contributed by atoms with Crippen molar-refractivity contribution in [2.75, 3.05) is 5.32 Å². The van der Waals surface area contributed by atoms with Gasteiger partial charge in [-0.25, -0.2) is 0 Å². The lowest BCUT2D eigenvalue weighted by Gasteiger charge is -2.10. The Balaban J connectivity index is 2.44. The second-order valence-electron chi connectivity index (χ2n) is 3.94. The Labute approximate surface area is 106 Å². The molecule has 3 heteroatoms. The fourth-order valence-corrected chi connectivity index (χ4v) is 1.69. The van der Waals surface area contributed by atoms with E-state index in [4.69, 9.17) is 10.5 Å². The number of benzene rings is 2. The summed E-state index contributed by atoms with van der Waals surface area (Å²) in [5, 5.41) is 21.2. The molecule has 2 aromatic rings. The molecule has 18 heavy (non-hydrogen) atoms. The van der Waals surface area contributed by atoms with Crippen LogP contribution in [0.4, 0.5) is 11.4 Å². The summed E-state index contributed by atoms with van der Waals surface area (Å²) < 4.78 is 0. The first-order valence-corrected chi connectivity index (χ1v) is 5.51. The van der Waals surface area contributed by atoms with Crippen LogP contribution < -0.4 is 5.32 Å². The average Bonchev–Trinajstić information content (AvgIpc) is 2.40. The number of rotatable bonds is 2. The van der Waals surface area contributed by atoms with E-state index >= 15 is 0 Å². The number of nitrogens with one attached hydrogen (secondary N) is 1. The van der Waals surface area contributed by atoms with E-state index in [1.165, 1.54) is 0 Å². The minimum Gasteiger partial charge on any atom is -0.353 e. The van der Waals surface area contributed by atoms with Gasteiger partial charge in [-0.15, -0.1) is 0 Å². The maximum absolute atomic E-state index is 9.06. The molecule has 0 fully saturated rings. The standard InChI is InChI=1S/C15H11N3/c1-11-6-7-13(10-17)15(8-11)18-14-5-3-2-4-12(14)9-16/h2-8,18H,1H3. The fourth-order valence-electron chi connectivity index (χ4n) is 1.69. The third-order valence-corrected chi connectivity index (χ3v) is 2.61.